The number of aromatic nitrogens is 1. The summed E-state index contributed by atoms with van der Waals surface area (Å²) in [5, 5.41) is 12.8. The number of ether oxygens (including phenoxy) is 1. The van der Waals surface area contributed by atoms with Crippen LogP contribution in [-0.4, -0.2) is 35.8 Å². The summed E-state index contributed by atoms with van der Waals surface area (Å²) in [5.41, 5.74) is 1.86. The molecule has 0 radical (unpaired) electrons. The van der Waals surface area contributed by atoms with Crippen molar-refractivity contribution in [2.75, 3.05) is 13.7 Å². The largest absolute Gasteiger partial charge is 0.496 e. The number of aliphatic hydroxyl groups excluding tert-OH is 1. The molecular weight excluding hydrogens is 316 g/mol. The van der Waals surface area contributed by atoms with Crippen LogP contribution in [0.3, 0.4) is 0 Å². The van der Waals surface area contributed by atoms with Crippen LogP contribution in [0.1, 0.15) is 36.5 Å². The fourth-order valence-corrected chi connectivity index (χ4v) is 3.48. The zero-order valence-electron chi connectivity index (χ0n) is 14.7. The average Bonchev–Trinajstić information content (AvgIpc) is 3.03. The summed E-state index contributed by atoms with van der Waals surface area (Å²) in [6.45, 7) is 2.11. The molecule has 1 amide bonds. The Morgan fingerprint density at radius 2 is 2.24 bits per heavy atom. The maximum absolute atomic E-state index is 12.7. The Balaban J connectivity index is 1.86. The van der Waals surface area contributed by atoms with Crippen molar-refractivity contribution >= 4 is 5.91 Å². The monoisotopic (exact) mass is 340 g/mol. The van der Waals surface area contributed by atoms with Crippen molar-refractivity contribution in [2.24, 2.45) is 5.41 Å². The van der Waals surface area contributed by atoms with Crippen LogP contribution in [0.25, 0.3) is 11.3 Å². The number of rotatable bonds is 5. The van der Waals surface area contributed by atoms with E-state index in [1.54, 1.807) is 25.4 Å². The van der Waals surface area contributed by atoms with E-state index in [2.05, 4.69) is 10.3 Å². The van der Waals surface area contributed by atoms with Crippen molar-refractivity contribution in [1.29, 1.82) is 0 Å². The summed E-state index contributed by atoms with van der Waals surface area (Å²) in [6, 6.07) is 11.0. The standard InChI is InChI=1S/C20H24N2O3/c1-20(13-23)10-5-7-18(20)22-19(24)14-8-9-17(25-2)15(12-14)16-6-3-4-11-21-16/h3-4,6,8-9,11-12,18,23H,5,7,10,13H2,1-2H3,(H,22,24)/t18-,20+/m1/s1. The highest BCUT2D eigenvalue weighted by molar-refractivity contribution is 5.96. The number of aliphatic hydroxyl groups is 1. The van der Waals surface area contributed by atoms with Crippen molar-refractivity contribution in [3.63, 3.8) is 0 Å². The second kappa shape index (κ2) is 7.23. The maximum Gasteiger partial charge on any atom is 0.251 e. The number of nitrogens with zero attached hydrogens (tertiary/aromatic N) is 1. The fourth-order valence-electron chi connectivity index (χ4n) is 3.48. The van der Waals surface area contributed by atoms with E-state index in [4.69, 9.17) is 4.74 Å². The Hall–Kier alpha value is -2.40. The van der Waals surface area contributed by atoms with Crippen LogP contribution in [0, 0.1) is 5.41 Å². The van der Waals surface area contributed by atoms with Crippen molar-refractivity contribution in [3.8, 4) is 17.0 Å². The van der Waals surface area contributed by atoms with Gasteiger partial charge in [0.05, 0.1) is 19.4 Å². The van der Waals surface area contributed by atoms with E-state index in [1.165, 1.54) is 0 Å². The summed E-state index contributed by atoms with van der Waals surface area (Å²) < 4.78 is 5.41. The molecule has 5 nitrogen and oxygen atoms in total. The molecular formula is C20H24N2O3. The molecule has 25 heavy (non-hydrogen) atoms. The molecule has 0 spiro atoms. The third-order valence-corrected chi connectivity index (χ3v) is 5.15. The van der Waals surface area contributed by atoms with Crippen LogP contribution < -0.4 is 10.1 Å². The second-order valence-corrected chi connectivity index (χ2v) is 6.86. The number of nitrogens with one attached hydrogen (secondary N) is 1. The zero-order chi connectivity index (χ0) is 17.9. The highest BCUT2D eigenvalue weighted by atomic mass is 16.5. The molecule has 1 heterocycles. The van der Waals surface area contributed by atoms with Gasteiger partial charge in [-0.3, -0.25) is 9.78 Å². The number of carbonyl (C=O) groups is 1. The van der Waals surface area contributed by atoms with Crippen LogP contribution >= 0.6 is 0 Å². The van der Waals surface area contributed by atoms with Gasteiger partial charge >= 0.3 is 0 Å². The maximum atomic E-state index is 12.7. The van der Waals surface area contributed by atoms with E-state index in [0.717, 1.165) is 30.5 Å². The minimum absolute atomic E-state index is 0.00889. The van der Waals surface area contributed by atoms with E-state index >= 15 is 0 Å². The first-order chi connectivity index (χ1) is 12.1. The fraction of sp³-hybridized carbons (Fsp3) is 0.400. The van der Waals surface area contributed by atoms with Gasteiger partial charge in [-0.1, -0.05) is 19.4 Å². The van der Waals surface area contributed by atoms with Gasteiger partial charge in [-0.05, 0) is 43.2 Å². The van der Waals surface area contributed by atoms with Gasteiger partial charge in [0.2, 0.25) is 0 Å². The molecule has 0 bridgehead atoms. The lowest BCUT2D eigenvalue weighted by atomic mass is 9.85. The molecule has 5 heteroatoms. The SMILES string of the molecule is COc1ccc(C(=O)N[C@@H]2CCC[C@@]2(C)CO)cc1-c1ccccn1. The Bertz CT molecular complexity index is 748. The number of hydrogen-bond acceptors (Lipinski definition) is 4. The van der Waals surface area contributed by atoms with Crippen molar-refractivity contribution in [2.45, 2.75) is 32.2 Å². The molecule has 1 aromatic heterocycles. The van der Waals surface area contributed by atoms with Crippen LogP contribution in [0.15, 0.2) is 42.6 Å². The third kappa shape index (κ3) is 3.51. The molecule has 3 rings (SSSR count). The van der Waals surface area contributed by atoms with Crippen LogP contribution in [0.2, 0.25) is 0 Å². The van der Waals surface area contributed by atoms with Gasteiger partial charge < -0.3 is 15.2 Å². The van der Waals surface area contributed by atoms with Gasteiger partial charge in [-0.2, -0.15) is 0 Å². The molecule has 2 atom stereocenters. The highest BCUT2D eigenvalue weighted by Gasteiger charge is 2.39. The van der Waals surface area contributed by atoms with Crippen molar-refractivity contribution < 1.29 is 14.6 Å². The van der Waals surface area contributed by atoms with Gasteiger partial charge in [-0.15, -0.1) is 0 Å². The predicted octanol–water partition coefficient (Wildman–Crippen LogP) is 3.04. The molecule has 0 unspecified atom stereocenters. The first kappa shape index (κ1) is 17.4. The first-order valence-electron chi connectivity index (χ1n) is 8.58. The zero-order valence-corrected chi connectivity index (χ0v) is 14.7. The van der Waals surface area contributed by atoms with Crippen LogP contribution in [0.4, 0.5) is 0 Å². The van der Waals surface area contributed by atoms with E-state index in [-0.39, 0.29) is 24.0 Å². The molecule has 1 aromatic carbocycles. The Labute approximate surface area is 148 Å². The lowest BCUT2D eigenvalue weighted by Crippen LogP contribution is -2.44. The van der Waals surface area contributed by atoms with E-state index < -0.39 is 0 Å². The number of pyridine rings is 1. The number of carbonyl (C=O) groups excluding carboxylic acids is 1. The highest BCUT2D eigenvalue weighted by Crippen LogP contribution is 2.37. The van der Waals surface area contributed by atoms with Crippen molar-refractivity contribution in [1.82, 2.24) is 10.3 Å². The minimum Gasteiger partial charge on any atom is -0.496 e. The summed E-state index contributed by atoms with van der Waals surface area (Å²) in [7, 11) is 1.60. The quantitative estimate of drug-likeness (QED) is 0.878. The number of hydrogen-bond donors (Lipinski definition) is 2. The molecule has 1 saturated carbocycles. The van der Waals surface area contributed by atoms with Gasteiger partial charge in [0.25, 0.3) is 5.91 Å². The van der Waals surface area contributed by atoms with Crippen LogP contribution in [0.5, 0.6) is 5.75 Å². The number of amides is 1. The molecule has 2 aromatic rings. The summed E-state index contributed by atoms with van der Waals surface area (Å²) in [5.74, 6) is 0.544. The van der Waals surface area contributed by atoms with Crippen LogP contribution in [-0.2, 0) is 0 Å². The van der Waals surface area contributed by atoms with E-state index in [1.807, 2.05) is 31.2 Å². The third-order valence-electron chi connectivity index (χ3n) is 5.15. The molecule has 0 saturated heterocycles. The minimum atomic E-state index is -0.244. The molecule has 1 aliphatic rings. The van der Waals surface area contributed by atoms with Crippen molar-refractivity contribution in [3.05, 3.63) is 48.2 Å². The van der Waals surface area contributed by atoms with Gasteiger partial charge in [-0.25, -0.2) is 0 Å². The normalized spacial score (nSPS) is 22.6. The summed E-state index contributed by atoms with van der Waals surface area (Å²) >= 11 is 0. The predicted molar refractivity (Wildman–Crippen MR) is 96.5 cm³/mol. The summed E-state index contributed by atoms with van der Waals surface area (Å²) in [4.78, 5) is 17.1. The Kier molecular flexibility index (Phi) is 5.04. The van der Waals surface area contributed by atoms with Gasteiger partial charge in [0.15, 0.2) is 0 Å². The van der Waals surface area contributed by atoms with Gasteiger partial charge in [0, 0.05) is 28.8 Å². The van der Waals surface area contributed by atoms with E-state index in [0.29, 0.717) is 11.3 Å². The summed E-state index contributed by atoms with van der Waals surface area (Å²) in [6.07, 6.45) is 4.55. The number of methoxy groups -OCH3 is 1. The first-order valence-corrected chi connectivity index (χ1v) is 8.58. The Morgan fingerprint density at radius 1 is 1.40 bits per heavy atom. The van der Waals surface area contributed by atoms with Gasteiger partial charge in [0.1, 0.15) is 5.75 Å². The molecule has 1 fully saturated rings. The van der Waals surface area contributed by atoms with E-state index in [9.17, 15) is 9.90 Å². The second-order valence-electron chi connectivity index (χ2n) is 6.86. The Morgan fingerprint density at radius 3 is 2.92 bits per heavy atom. The molecule has 1 aliphatic carbocycles. The molecule has 2 N–H and O–H groups in total. The lowest BCUT2D eigenvalue weighted by Gasteiger charge is -2.30. The topological polar surface area (TPSA) is 71.5 Å². The molecule has 132 valence electrons. The average molecular weight is 340 g/mol. The molecule has 0 aliphatic heterocycles. The lowest BCUT2D eigenvalue weighted by molar-refractivity contribution is 0.0830. The smallest absolute Gasteiger partial charge is 0.251 e. The number of benzene rings is 1.